The topological polar surface area (TPSA) is 12.0 Å². The van der Waals surface area contributed by atoms with Crippen LogP contribution in [0.1, 0.15) is 20.3 Å². The summed E-state index contributed by atoms with van der Waals surface area (Å²) in [5.74, 6) is 0. The van der Waals surface area contributed by atoms with Crippen molar-refractivity contribution in [3.63, 3.8) is 0 Å². The van der Waals surface area contributed by atoms with E-state index in [-0.39, 0.29) is 5.41 Å². The Bertz CT molecular complexity index is 88.6. The van der Waals surface area contributed by atoms with Crippen molar-refractivity contribution in [3.8, 4) is 0 Å². The van der Waals surface area contributed by atoms with Crippen LogP contribution in [0.4, 0.5) is 0 Å². The molecule has 1 unspecified atom stereocenters. The molecular formula is C8H17N. The van der Waals surface area contributed by atoms with Crippen LogP contribution in [-0.2, 0) is 0 Å². The molecule has 0 saturated heterocycles. The van der Waals surface area contributed by atoms with Crippen molar-refractivity contribution in [1.82, 2.24) is 5.32 Å². The highest BCUT2D eigenvalue weighted by Gasteiger charge is 2.14. The first-order valence-corrected chi connectivity index (χ1v) is 3.46. The van der Waals surface area contributed by atoms with Crippen molar-refractivity contribution >= 4 is 0 Å². The van der Waals surface area contributed by atoms with Crippen LogP contribution in [0.5, 0.6) is 0 Å². The summed E-state index contributed by atoms with van der Waals surface area (Å²) in [6.45, 7) is 9.19. The highest BCUT2D eigenvalue weighted by Crippen LogP contribution is 2.19. The van der Waals surface area contributed by atoms with Crippen molar-refractivity contribution in [2.24, 2.45) is 5.41 Å². The van der Waals surface area contributed by atoms with Gasteiger partial charge in [0, 0.05) is 6.54 Å². The van der Waals surface area contributed by atoms with Crippen molar-refractivity contribution in [1.29, 1.82) is 0 Å². The summed E-state index contributed by atoms with van der Waals surface area (Å²) in [7, 11) is 1.97. The molecule has 0 aliphatic heterocycles. The molecular weight excluding hydrogens is 110 g/mol. The summed E-state index contributed by atoms with van der Waals surface area (Å²) in [6, 6.07) is 0. The van der Waals surface area contributed by atoms with Gasteiger partial charge in [-0.25, -0.2) is 0 Å². The molecule has 1 N–H and O–H groups in total. The molecule has 0 aliphatic rings. The first kappa shape index (κ1) is 8.70. The van der Waals surface area contributed by atoms with Crippen LogP contribution in [0, 0.1) is 5.41 Å². The molecule has 0 aliphatic carbocycles. The van der Waals surface area contributed by atoms with Gasteiger partial charge in [-0.05, 0) is 18.9 Å². The average Bonchev–Trinajstić information content (AvgIpc) is 1.89. The lowest BCUT2D eigenvalue weighted by atomic mass is 9.88. The normalized spacial score (nSPS) is 16.8. The first-order chi connectivity index (χ1) is 4.18. The van der Waals surface area contributed by atoms with Gasteiger partial charge in [-0.3, -0.25) is 0 Å². The van der Waals surface area contributed by atoms with Gasteiger partial charge in [-0.2, -0.15) is 0 Å². The Kier molecular flexibility index (Phi) is 3.55. The summed E-state index contributed by atoms with van der Waals surface area (Å²) in [4.78, 5) is 0. The monoisotopic (exact) mass is 127 g/mol. The number of hydrogen-bond donors (Lipinski definition) is 1. The summed E-state index contributed by atoms with van der Waals surface area (Å²) >= 11 is 0. The highest BCUT2D eigenvalue weighted by atomic mass is 14.8. The second kappa shape index (κ2) is 3.67. The predicted octanol–water partition coefficient (Wildman–Crippen LogP) is 1.81. The molecule has 0 aromatic rings. The largest absolute Gasteiger partial charge is 0.319 e. The van der Waals surface area contributed by atoms with Gasteiger partial charge < -0.3 is 5.32 Å². The number of hydrogen-bond acceptors (Lipinski definition) is 1. The molecule has 0 aromatic heterocycles. The van der Waals surface area contributed by atoms with Crippen LogP contribution in [0.15, 0.2) is 12.7 Å². The molecule has 0 heterocycles. The minimum Gasteiger partial charge on any atom is -0.319 e. The van der Waals surface area contributed by atoms with E-state index in [1.54, 1.807) is 0 Å². The maximum atomic E-state index is 3.78. The van der Waals surface area contributed by atoms with E-state index < -0.39 is 0 Å². The molecule has 0 aromatic carbocycles. The maximum absolute atomic E-state index is 3.78. The second-order valence-corrected chi connectivity index (χ2v) is 2.74. The Morgan fingerprint density at radius 2 is 2.22 bits per heavy atom. The van der Waals surface area contributed by atoms with Crippen LogP contribution in [-0.4, -0.2) is 13.6 Å². The molecule has 0 bridgehead atoms. The summed E-state index contributed by atoms with van der Waals surface area (Å²) < 4.78 is 0. The standard InChI is InChI=1S/C8H17N/c1-5-8(3,6-2)7-9-4/h5,9H,1,6-7H2,2-4H3. The first-order valence-electron chi connectivity index (χ1n) is 3.46. The molecule has 1 nitrogen and oxygen atoms in total. The van der Waals surface area contributed by atoms with Crippen LogP contribution in [0.25, 0.3) is 0 Å². The Hall–Kier alpha value is -0.300. The smallest absolute Gasteiger partial charge is 0.00366 e. The Labute approximate surface area is 58.2 Å². The minimum absolute atomic E-state index is 0.286. The fourth-order valence-corrected chi connectivity index (χ4v) is 0.745. The van der Waals surface area contributed by atoms with E-state index in [2.05, 4.69) is 25.7 Å². The summed E-state index contributed by atoms with van der Waals surface area (Å²) in [6.07, 6.45) is 3.17. The molecule has 0 radical (unpaired) electrons. The summed E-state index contributed by atoms with van der Waals surface area (Å²) in [5, 5.41) is 3.14. The molecule has 9 heavy (non-hydrogen) atoms. The van der Waals surface area contributed by atoms with E-state index in [0.29, 0.717) is 0 Å². The third-order valence-electron chi connectivity index (χ3n) is 1.88. The molecule has 0 fully saturated rings. The van der Waals surface area contributed by atoms with Crippen LogP contribution in [0.2, 0.25) is 0 Å². The fraction of sp³-hybridized carbons (Fsp3) is 0.750. The Balaban J connectivity index is 3.76. The van der Waals surface area contributed by atoms with Crippen molar-refractivity contribution in [3.05, 3.63) is 12.7 Å². The van der Waals surface area contributed by atoms with E-state index in [0.717, 1.165) is 13.0 Å². The predicted molar refractivity (Wildman–Crippen MR) is 42.5 cm³/mol. The lowest BCUT2D eigenvalue weighted by Gasteiger charge is -2.22. The van der Waals surface area contributed by atoms with E-state index in [9.17, 15) is 0 Å². The van der Waals surface area contributed by atoms with Gasteiger partial charge in [-0.15, -0.1) is 6.58 Å². The lowest BCUT2D eigenvalue weighted by molar-refractivity contribution is 0.395. The second-order valence-electron chi connectivity index (χ2n) is 2.74. The van der Waals surface area contributed by atoms with Crippen molar-refractivity contribution in [2.75, 3.05) is 13.6 Å². The molecule has 0 saturated carbocycles. The fourth-order valence-electron chi connectivity index (χ4n) is 0.745. The zero-order valence-corrected chi connectivity index (χ0v) is 6.70. The van der Waals surface area contributed by atoms with Crippen molar-refractivity contribution < 1.29 is 0 Å². The van der Waals surface area contributed by atoms with Gasteiger partial charge in [0.1, 0.15) is 0 Å². The van der Waals surface area contributed by atoms with E-state index in [1.165, 1.54) is 0 Å². The zero-order valence-electron chi connectivity index (χ0n) is 6.70. The Morgan fingerprint density at radius 3 is 2.33 bits per heavy atom. The Morgan fingerprint density at radius 1 is 1.67 bits per heavy atom. The average molecular weight is 127 g/mol. The number of nitrogens with one attached hydrogen (secondary N) is 1. The van der Waals surface area contributed by atoms with Gasteiger partial charge in [-0.1, -0.05) is 19.9 Å². The van der Waals surface area contributed by atoms with Gasteiger partial charge >= 0.3 is 0 Å². The van der Waals surface area contributed by atoms with Gasteiger partial charge in [0.05, 0.1) is 0 Å². The van der Waals surface area contributed by atoms with Gasteiger partial charge in [0.2, 0.25) is 0 Å². The quantitative estimate of drug-likeness (QED) is 0.568. The van der Waals surface area contributed by atoms with Crippen LogP contribution in [0.3, 0.4) is 0 Å². The zero-order chi connectivity index (χ0) is 7.33. The van der Waals surface area contributed by atoms with E-state index in [4.69, 9.17) is 0 Å². The van der Waals surface area contributed by atoms with E-state index in [1.807, 2.05) is 13.1 Å². The molecule has 1 heteroatoms. The number of rotatable bonds is 4. The minimum atomic E-state index is 0.286. The van der Waals surface area contributed by atoms with Crippen LogP contribution < -0.4 is 5.32 Å². The van der Waals surface area contributed by atoms with E-state index >= 15 is 0 Å². The maximum Gasteiger partial charge on any atom is 0.00366 e. The lowest BCUT2D eigenvalue weighted by Crippen LogP contribution is -2.26. The van der Waals surface area contributed by atoms with Gasteiger partial charge in [0.15, 0.2) is 0 Å². The third kappa shape index (κ3) is 2.66. The molecule has 0 spiro atoms. The summed E-state index contributed by atoms with van der Waals surface area (Å²) in [5.41, 5.74) is 0.286. The van der Waals surface area contributed by atoms with Crippen molar-refractivity contribution in [2.45, 2.75) is 20.3 Å². The molecule has 0 amide bonds. The molecule has 54 valence electrons. The highest BCUT2D eigenvalue weighted by molar-refractivity contribution is 4.91. The SMILES string of the molecule is C=CC(C)(CC)CNC. The van der Waals surface area contributed by atoms with Gasteiger partial charge in [0.25, 0.3) is 0 Å². The van der Waals surface area contributed by atoms with Crippen LogP contribution >= 0.6 is 0 Å². The third-order valence-corrected chi connectivity index (χ3v) is 1.88. The molecule has 0 rings (SSSR count). The molecule has 1 atom stereocenters.